The Morgan fingerprint density at radius 1 is 1.00 bits per heavy atom. The molecular weight excluding hydrogens is 457 g/mol. The molecule has 0 bridgehead atoms. The zero-order valence-corrected chi connectivity index (χ0v) is 19.6. The Morgan fingerprint density at radius 3 is 2.35 bits per heavy atom. The SMILES string of the molecule is CCCCN1C=CC=CC1.O=C(O)c1ccc2cc3cccc(C(=O)O)c3cc2c1O[PH](=O)O. The van der Waals surface area contributed by atoms with Crippen LogP contribution in [0, 0.1) is 0 Å². The molecule has 1 aliphatic heterocycles. The molecular formula is C25H26NO7P. The van der Waals surface area contributed by atoms with Crippen molar-refractivity contribution in [1.29, 1.82) is 0 Å². The number of rotatable bonds is 7. The number of carboxylic acid groups (broad SMARTS) is 2. The van der Waals surface area contributed by atoms with Crippen LogP contribution in [0.15, 0.2) is 66.9 Å². The molecule has 1 unspecified atom stereocenters. The van der Waals surface area contributed by atoms with Gasteiger partial charge in [0.1, 0.15) is 5.56 Å². The highest BCUT2D eigenvalue weighted by atomic mass is 31.1. The van der Waals surface area contributed by atoms with E-state index < -0.39 is 20.2 Å². The second kappa shape index (κ2) is 11.5. The van der Waals surface area contributed by atoms with Gasteiger partial charge in [0.15, 0.2) is 5.75 Å². The van der Waals surface area contributed by atoms with Gasteiger partial charge >= 0.3 is 20.2 Å². The smallest absolute Gasteiger partial charge is 0.365 e. The number of aromatic carboxylic acids is 2. The van der Waals surface area contributed by atoms with Gasteiger partial charge in [0.05, 0.1) is 5.56 Å². The predicted octanol–water partition coefficient (Wildman–Crippen LogP) is 5.32. The number of carbonyl (C=O) groups is 2. The lowest BCUT2D eigenvalue weighted by atomic mass is 9.97. The number of hydrogen-bond acceptors (Lipinski definition) is 5. The Hall–Kier alpha value is -3.61. The minimum atomic E-state index is -3.44. The molecule has 8 nitrogen and oxygen atoms in total. The first-order chi connectivity index (χ1) is 16.3. The van der Waals surface area contributed by atoms with Crippen LogP contribution in [0.3, 0.4) is 0 Å². The third-order valence-corrected chi connectivity index (χ3v) is 5.68. The first-order valence-electron chi connectivity index (χ1n) is 10.8. The lowest BCUT2D eigenvalue weighted by Gasteiger charge is -2.19. The number of allylic oxidation sites excluding steroid dienone is 2. The topological polar surface area (TPSA) is 124 Å². The number of carboxylic acids is 2. The number of benzene rings is 3. The Morgan fingerprint density at radius 2 is 1.74 bits per heavy atom. The molecule has 0 aliphatic carbocycles. The largest absolute Gasteiger partial charge is 0.478 e. The highest BCUT2D eigenvalue weighted by Gasteiger charge is 2.18. The average molecular weight is 483 g/mol. The summed E-state index contributed by atoms with van der Waals surface area (Å²) < 4.78 is 15.9. The summed E-state index contributed by atoms with van der Waals surface area (Å²) in [5, 5.41) is 20.4. The van der Waals surface area contributed by atoms with E-state index >= 15 is 0 Å². The maximum absolute atomic E-state index is 11.4. The zero-order valence-electron chi connectivity index (χ0n) is 18.6. The van der Waals surface area contributed by atoms with Gasteiger partial charge in [-0.25, -0.2) is 14.2 Å². The summed E-state index contributed by atoms with van der Waals surface area (Å²) in [5.74, 6) is -2.71. The summed E-state index contributed by atoms with van der Waals surface area (Å²) in [6.07, 6.45) is 11.1. The monoisotopic (exact) mass is 483 g/mol. The second-order valence-corrected chi connectivity index (χ2v) is 8.37. The predicted molar refractivity (Wildman–Crippen MR) is 132 cm³/mol. The molecule has 34 heavy (non-hydrogen) atoms. The van der Waals surface area contributed by atoms with Gasteiger partial charge in [-0.1, -0.05) is 43.7 Å². The molecule has 0 aromatic heterocycles. The summed E-state index contributed by atoms with van der Waals surface area (Å²) in [6.45, 7) is 4.53. The van der Waals surface area contributed by atoms with Gasteiger partial charge in [0.2, 0.25) is 0 Å². The van der Waals surface area contributed by atoms with Crippen LogP contribution >= 0.6 is 8.25 Å². The minimum absolute atomic E-state index is 0.0396. The van der Waals surface area contributed by atoms with E-state index in [0.717, 1.165) is 6.54 Å². The van der Waals surface area contributed by atoms with E-state index in [-0.39, 0.29) is 22.3 Å². The molecule has 3 aromatic rings. The van der Waals surface area contributed by atoms with Gasteiger partial charge in [-0.2, -0.15) is 0 Å². The molecule has 0 spiro atoms. The second-order valence-electron chi connectivity index (χ2n) is 7.64. The van der Waals surface area contributed by atoms with Crippen molar-refractivity contribution in [2.75, 3.05) is 13.1 Å². The van der Waals surface area contributed by atoms with Crippen LogP contribution in [0.1, 0.15) is 40.5 Å². The van der Waals surface area contributed by atoms with Gasteiger partial charge in [-0.05, 0) is 59.1 Å². The molecule has 1 aliphatic rings. The van der Waals surface area contributed by atoms with Crippen LogP contribution in [0.25, 0.3) is 21.5 Å². The first-order valence-corrected chi connectivity index (χ1v) is 12.0. The van der Waals surface area contributed by atoms with E-state index in [0.29, 0.717) is 16.2 Å². The van der Waals surface area contributed by atoms with E-state index in [2.05, 4.69) is 36.3 Å². The Kier molecular flexibility index (Phi) is 8.46. The summed E-state index contributed by atoms with van der Waals surface area (Å²) in [4.78, 5) is 34.1. The molecule has 4 rings (SSSR count). The van der Waals surface area contributed by atoms with Gasteiger partial charge in [-0.15, -0.1) is 0 Å². The van der Waals surface area contributed by atoms with Crippen molar-refractivity contribution in [2.45, 2.75) is 19.8 Å². The average Bonchev–Trinajstić information content (AvgIpc) is 2.82. The fourth-order valence-corrected chi connectivity index (χ4v) is 4.05. The van der Waals surface area contributed by atoms with E-state index in [9.17, 15) is 24.4 Å². The molecule has 9 heteroatoms. The lowest BCUT2D eigenvalue weighted by Crippen LogP contribution is -2.19. The first kappa shape index (κ1) is 25.0. The summed E-state index contributed by atoms with van der Waals surface area (Å²) in [6, 6.07) is 10.7. The van der Waals surface area contributed by atoms with Crippen LogP contribution < -0.4 is 4.52 Å². The van der Waals surface area contributed by atoms with Crippen molar-refractivity contribution in [1.82, 2.24) is 4.90 Å². The molecule has 0 fully saturated rings. The van der Waals surface area contributed by atoms with Crippen LogP contribution in [0.4, 0.5) is 0 Å². The van der Waals surface area contributed by atoms with Gasteiger partial charge < -0.3 is 24.5 Å². The highest BCUT2D eigenvalue weighted by molar-refractivity contribution is 7.32. The molecule has 3 aromatic carbocycles. The molecule has 1 atom stereocenters. The molecule has 3 N–H and O–H groups in total. The zero-order chi connectivity index (χ0) is 24.7. The molecule has 0 radical (unpaired) electrons. The number of unbranched alkanes of at least 4 members (excludes halogenated alkanes) is 1. The van der Waals surface area contributed by atoms with Crippen molar-refractivity contribution >= 4 is 41.7 Å². The quantitative estimate of drug-likeness (QED) is 0.305. The Bertz CT molecular complexity index is 1300. The van der Waals surface area contributed by atoms with E-state index in [1.54, 1.807) is 18.2 Å². The van der Waals surface area contributed by atoms with Crippen LogP contribution in [-0.2, 0) is 4.57 Å². The molecule has 0 saturated heterocycles. The third-order valence-electron chi connectivity index (χ3n) is 5.30. The minimum Gasteiger partial charge on any atom is -0.478 e. The Balaban J connectivity index is 0.000000271. The third kappa shape index (κ3) is 6.04. The van der Waals surface area contributed by atoms with Gasteiger partial charge in [0, 0.05) is 18.5 Å². The summed E-state index contributed by atoms with van der Waals surface area (Å²) >= 11 is 0. The number of hydrogen-bond donors (Lipinski definition) is 3. The van der Waals surface area contributed by atoms with Gasteiger partial charge in [0.25, 0.3) is 0 Å². The van der Waals surface area contributed by atoms with E-state index in [4.69, 9.17) is 9.42 Å². The highest BCUT2D eigenvalue weighted by Crippen LogP contribution is 2.37. The normalized spacial score (nSPS) is 13.4. The van der Waals surface area contributed by atoms with Crippen molar-refractivity contribution in [3.63, 3.8) is 0 Å². The van der Waals surface area contributed by atoms with Crippen molar-refractivity contribution < 1.29 is 33.8 Å². The number of nitrogens with zero attached hydrogens (tertiary/aromatic N) is 1. The molecule has 0 saturated carbocycles. The maximum Gasteiger partial charge on any atom is 0.365 e. The molecule has 0 amide bonds. The Labute approximate surface area is 197 Å². The molecule has 178 valence electrons. The summed E-state index contributed by atoms with van der Waals surface area (Å²) in [5.41, 5.74) is -0.236. The van der Waals surface area contributed by atoms with Crippen molar-refractivity contribution in [3.8, 4) is 5.75 Å². The fourth-order valence-electron chi connectivity index (χ4n) is 3.66. The van der Waals surface area contributed by atoms with E-state index in [1.165, 1.54) is 43.7 Å². The van der Waals surface area contributed by atoms with Crippen molar-refractivity contribution in [2.24, 2.45) is 0 Å². The van der Waals surface area contributed by atoms with Crippen molar-refractivity contribution in [3.05, 3.63) is 78.0 Å². The van der Waals surface area contributed by atoms with Crippen LogP contribution in [0.2, 0.25) is 0 Å². The number of fused-ring (bicyclic) bond motifs is 2. The van der Waals surface area contributed by atoms with E-state index in [1.807, 2.05) is 0 Å². The lowest BCUT2D eigenvalue weighted by molar-refractivity contribution is 0.0685. The maximum atomic E-state index is 11.4. The van der Waals surface area contributed by atoms with Crippen LogP contribution in [0.5, 0.6) is 5.75 Å². The van der Waals surface area contributed by atoms with Crippen LogP contribution in [-0.4, -0.2) is 45.0 Å². The standard InChI is InChI=1S/C16H11O7P.C9H15N/c17-15(18)10-3-1-2-8-6-9-4-5-11(16(19)20)14(23-24(21)22)13(9)7-12(8)10;1-2-3-7-10-8-5-4-6-9-10/h1-7,24H,(H,17,18)(H,19,20)(H,21,22);4-6,8H,2-3,7,9H2,1H3. The van der Waals surface area contributed by atoms with Gasteiger partial charge in [-0.3, -0.25) is 0 Å². The fraction of sp³-hybridized carbons (Fsp3) is 0.200. The summed E-state index contributed by atoms with van der Waals surface area (Å²) in [7, 11) is -3.44. The molecule has 1 heterocycles.